The molecule has 1 fully saturated rings. The molecule has 2 aromatic carbocycles. The SMILES string of the molecule is C=CC(=O)Nc1cccc(Oc2nc(Nc3ccc(C(=O)NC4CCN(CCCC(=O)NO)CC4)cc3)ncc2Cl)c1. The summed E-state index contributed by atoms with van der Waals surface area (Å²) in [5.41, 5.74) is 3.36. The van der Waals surface area contributed by atoms with Gasteiger partial charge in [-0.1, -0.05) is 24.2 Å². The van der Waals surface area contributed by atoms with Gasteiger partial charge in [-0.2, -0.15) is 4.98 Å². The van der Waals surface area contributed by atoms with Crippen LogP contribution in [0.2, 0.25) is 5.02 Å². The zero-order valence-corrected chi connectivity index (χ0v) is 23.6. The first-order valence-corrected chi connectivity index (χ1v) is 13.8. The monoisotopic (exact) mass is 593 g/mol. The summed E-state index contributed by atoms with van der Waals surface area (Å²) in [5.74, 6) is -0.0944. The molecule has 0 spiro atoms. The van der Waals surface area contributed by atoms with Gasteiger partial charge in [0.2, 0.25) is 23.6 Å². The lowest BCUT2D eigenvalue weighted by molar-refractivity contribution is -0.129. The van der Waals surface area contributed by atoms with Gasteiger partial charge in [0.25, 0.3) is 5.91 Å². The Balaban J connectivity index is 1.28. The molecule has 4 rings (SSSR count). The predicted octanol–water partition coefficient (Wildman–Crippen LogP) is 4.27. The van der Waals surface area contributed by atoms with Gasteiger partial charge < -0.3 is 25.6 Å². The first-order valence-electron chi connectivity index (χ1n) is 13.4. The van der Waals surface area contributed by atoms with Gasteiger partial charge >= 0.3 is 0 Å². The number of nitrogens with zero attached hydrogens (tertiary/aromatic N) is 3. The van der Waals surface area contributed by atoms with Crippen LogP contribution in [0.5, 0.6) is 11.6 Å². The Hall–Kier alpha value is -4.52. The van der Waals surface area contributed by atoms with Gasteiger partial charge in [0.05, 0.1) is 6.20 Å². The van der Waals surface area contributed by atoms with Gasteiger partial charge in [0, 0.05) is 48.6 Å². The minimum atomic E-state index is -0.381. The third-order valence-corrected chi connectivity index (χ3v) is 6.80. The van der Waals surface area contributed by atoms with Crippen molar-refractivity contribution in [3.63, 3.8) is 0 Å². The number of hydrogen-bond donors (Lipinski definition) is 5. The lowest BCUT2D eigenvalue weighted by Crippen LogP contribution is -2.44. The highest BCUT2D eigenvalue weighted by Crippen LogP contribution is 2.29. The average molecular weight is 594 g/mol. The minimum absolute atomic E-state index is 0.0760. The van der Waals surface area contributed by atoms with Gasteiger partial charge in [-0.05, 0) is 68.3 Å². The van der Waals surface area contributed by atoms with Crippen molar-refractivity contribution < 1.29 is 24.3 Å². The summed E-state index contributed by atoms with van der Waals surface area (Å²) in [6.45, 7) is 5.87. The van der Waals surface area contributed by atoms with Crippen LogP contribution in [0, 0.1) is 0 Å². The quantitative estimate of drug-likeness (QED) is 0.117. The Morgan fingerprint density at radius 2 is 1.88 bits per heavy atom. The Morgan fingerprint density at radius 1 is 1.12 bits per heavy atom. The molecule has 0 unspecified atom stereocenters. The molecule has 12 nitrogen and oxygen atoms in total. The normalized spacial score (nSPS) is 13.6. The molecule has 0 bridgehead atoms. The molecule has 0 aliphatic carbocycles. The fourth-order valence-corrected chi connectivity index (χ4v) is 4.48. The van der Waals surface area contributed by atoms with Crippen molar-refractivity contribution in [2.24, 2.45) is 0 Å². The van der Waals surface area contributed by atoms with Crippen molar-refractivity contribution in [3.8, 4) is 11.6 Å². The summed E-state index contributed by atoms with van der Waals surface area (Å²) >= 11 is 6.25. The van der Waals surface area contributed by atoms with E-state index in [2.05, 4.69) is 37.4 Å². The highest BCUT2D eigenvalue weighted by molar-refractivity contribution is 6.31. The number of likely N-dealkylation sites (tertiary alicyclic amines) is 1. The van der Waals surface area contributed by atoms with Crippen LogP contribution in [-0.4, -0.2) is 63.5 Å². The Bertz CT molecular complexity index is 1410. The maximum Gasteiger partial charge on any atom is 0.251 e. The van der Waals surface area contributed by atoms with E-state index in [1.54, 1.807) is 54.0 Å². The zero-order valence-electron chi connectivity index (χ0n) is 22.8. The third kappa shape index (κ3) is 8.99. The first-order chi connectivity index (χ1) is 20.3. The minimum Gasteiger partial charge on any atom is -0.437 e. The van der Waals surface area contributed by atoms with E-state index < -0.39 is 0 Å². The van der Waals surface area contributed by atoms with E-state index in [4.69, 9.17) is 21.5 Å². The van der Waals surface area contributed by atoms with Crippen molar-refractivity contribution in [2.45, 2.75) is 31.7 Å². The van der Waals surface area contributed by atoms with E-state index in [0.29, 0.717) is 29.1 Å². The summed E-state index contributed by atoms with van der Waals surface area (Å²) < 4.78 is 5.82. The second kappa shape index (κ2) is 14.9. The number of aromatic nitrogens is 2. The lowest BCUT2D eigenvalue weighted by Gasteiger charge is -2.32. The molecule has 3 aromatic rings. The molecule has 2 heterocycles. The number of anilines is 3. The number of nitrogens with one attached hydrogen (secondary N) is 4. The van der Waals surface area contributed by atoms with Gasteiger partial charge in [-0.25, -0.2) is 10.5 Å². The van der Waals surface area contributed by atoms with Crippen molar-refractivity contribution in [1.29, 1.82) is 0 Å². The number of piperidine rings is 1. The molecule has 0 radical (unpaired) electrons. The fraction of sp³-hybridized carbons (Fsp3) is 0.276. The topological polar surface area (TPSA) is 158 Å². The summed E-state index contributed by atoms with van der Waals surface area (Å²) in [5, 5.41) is 17.6. The highest BCUT2D eigenvalue weighted by atomic mass is 35.5. The predicted molar refractivity (Wildman–Crippen MR) is 158 cm³/mol. The number of hydroxylamine groups is 1. The van der Waals surface area contributed by atoms with E-state index in [9.17, 15) is 14.4 Å². The number of halogens is 1. The van der Waals surface area contributed by atoms with E-state index >= 15 is 0 Å². The number of ether oxygens (including phenoxy) is 1. The third-order valence-electron chi connectivity index (χ3n) is 6.54. The molecule has 13 heteroatoms. The van der Waals surface area contributed by atoms with E-state index in [1.165, 1.54) is 12.3 Å². The van der Waals surface area contributed by atoms with Crippen molar-refractivity contribution in [3.05, 3.63) is 78.0 Å². The van der Waals surface area contributed by atoms with Crippen LogP contribution in [0.3, 0.4) is 0 Å². The summed E-state index contributed by atoms with van der Waals surface area (Å²) in [7, 11) is 0. The molecule has 0 atom stereocenters. The van der Waals surface area contributed by atoms with Gasteiger partial charge in [-0.3, -0.25) is 19.6 Å². The van der Waals surface area contributed by atoms with E-state index in [0.717, 1.165) is 32.5 Å². The number of carbonyl (C=O) groups excluding carboxylic acids is 3. The highest BCUT2D eigenvalue weighted by Gasteiger charge is 2.21. The summed E-state index contributed by atoms with van der Waals surface area (Å²) in [4.78, 5) is 46.3. The van der Waals surface area contributed by atoms with E-state index in [-0.39, 0.29) is 47.0 Å². The molecule has 1 aliphatic heterocycles. The largest absolute Gasteiger partial charge is 0.437 e. The van der Waals surface area contributed by atoms with Crippen LogP contribution in [0.1, 0.15) is 36.0 Å². The standard InChI is InChI=1S/C29H32ClN7O5/c1-2-25(38)32-22-5-3-6-23(17-22)42-28-24(30)18-31-29(35-28)34-20-10-8-19(9-11-20)27(40)33-21-12-15-37(16-13-21)14-4-7-26(39)36-41/h2-3,5-6,8-11,17-18,21,41H,1,4,7,12-16H2,(H,32,38)(H,33,40)(H,36,39)(H,31,34,35). The molecular formula is C29H32ClN7O5. The van der Waals surface area contributed by atoms with E-state index in [1.807, 2.05) is 0 Å². The Labute approximate surface area is 248 Å². The molecular weight excluding hydrogens is 562 g/mol. The summed E-state index contributed by atoms with van der Waals surface area (Å²) in [6.07, 6.45) is 5.18. The van der Waals surface area contributed by atoms with Crippen molar-refractivity contribution in [2.75, 3.05) is 30.3 Å². The van der Waals surface area contributed by atoms with Crippen LogP contribution in [-0.2, 0) is 9.59 Å². The second-order valence-electron chi connectivity index (χ2n) is 9.60. The second-order valence-corrected chi connectivity index (χ2v) is 10.0. The number of hydrogen-bond acceptors (Lipinski definition) is 9. The molecule has 1 aliphatic rings. The molecule has 3 amide bonds. The first kappa shape index (κ1) is 30.4. The zero-order chi connectivity index (χ0) is 29.9. The molecule has 0 saturated carbocycles. The van der Waals surface area contributed by atoms with Crippen LogP contribution in [0.25, 0.3) is 0 Å². The molecule has 1 aromatic heterocycles. The Kier molecular flexibility index (Phi) is 10.8. The van der Waals surface area contributed by atoms with Crippen LogP contribution in [0.4, 0.5) is 17.3 Å². The smallest absolute Gasteiger partial charge is 0.251 e. The molecule has 1 saturated heterocycles. The maximum absolute atomic E-state index is 12.8. The molecule has 42 heavy (non-hydrogen) atoms. The Morgan fingerprint density at radius 3 is 2.60 bits per heavy atom. The average Bonchev–Trinajstić information content (AvgIpc) is 3.00. The number of benzene rings is 2. The maximum atomic E-state index is 12.8. The lowest BCUT2D eigenvalue weighted by atomic mass is 10.0. The van der Waals surface area contributed by atoms with Gasteiger partial charge in [0.15, 0.2) is 0 Å². The number of rotatable bonds is 12. The van der Waals surface area contributed by atoms with Crippen LogP contribution >= 0.6 is 11.6 Å². The molecule has 5 N–H and O–H groups in total. The van der Waals surface area contributed by atoms with Gasteiger partial charge in [-0.15, -0.1) is 0 Å². The van der Waals surface area contributed by atoms with Crippen molar-refractivity contribution in [1.82, 2.24) is 25.7 Å². The number of carbonyl (C=O) groups is 3. The van der Waals surface area contributed by atoms with Crippen LogP contribution in [0.15, 0.2) is 67.4 Å². The van der Waals surface area contributed by atoms with Crippen LogP contribution < -0.4 is 26.2 Å². The fourth-order valence-electron chi connectivity index (χ4n) is 4.35. The molecule has 220 valence electrons. The summed E-state index contributed by atoms with van der Waals surface area (Å²) in [6, 6.07) is 13.8. The number of amides is 3. The van der Waals surface area contributed by atoms with Crippen molar-refractivity contribution >= 4 is 46.6 Å². The van der Waals surface area contributed by atoms with Gasteiger partial charge in [0.1, 0.15) is 10.8 Å².